The number of aryl methyl sites for hydroxylation is 1. The molecule has 10 nitrogen and oxygen atoms in total. The molecule has 2 heterocycles. The average molecular weight is 465 g/mol. The van der Waals surface area contributed by atoms with Gasteiger partial charge in [0.2, 0.25) is 5.95 Å². The summed E-state index contributed by atoms with van der Waals surface area (Å²) in [6.07, 6.45) is 1.58. The molecule has 0 radical (unpaired) electrons. The van der Waals surface area contributed by atoms with Crippen molar-refractivity contribution in [2.45, 2.75) is 13.5 Å². The maximum Gasteiger partial charge on any atom is 0.329 e. The van der Waals surface area contributed by atoms with Crippen LogP contribution in [0.3, 0.4) is 0 Å². The molecule has 29 heavy (non-hydrogen) atoms. The third-order valence-corrected chi connectivity index (χ3v) is 4.72. The number of halogens is 1. The van der Waals surface area contributed by atoms with Crippen LogP contribution in [0.4, 0.5) is 5.95 Å². The first-order chi connectivity index (χ1) is 14.0. The highest BCUT2D eigenvalue weighted by molar-refractivity contribution is 9.10. The molecule has 3 aromatic rings. The fraction of sp³-hybridized carbons (Fsp3) is 0.333. The lowest BCUT2D eigenvalue weighted by Gasteiger charge is -2.08. The van der Waals surface area contributed by atoms with Crippen LogP contribution in [0, 0.1) is 0 Å². The lowest BCUT2D eigenvalue weighted by atomic mass is 10.2. The number of rotatable bonds is 8. The van der Waals surface area contributed by atoms with E-state index in [0.717, 1.165) is 10.0 Å². The SMILES string of the molecule is CCOCCn1c(NN=Cc2cc(Br)ccc2OC)nc2c1c(=O)[nH]c(=O)n2C. The Morgan fingerprint density at radius 1 is 1.38 bits per heavy atom. The second-order valence-corrected chi connectivity index (χ2v) is 6.95. The smallest absolute Gasteiger partial charge is 0.329 e. The maximum absolute atomic E-state index is 12.4. The number of nitrogens with zero attached hydrogens (tertiary/aromatic N) is 4. The lowest BCUT2D eigenvalue weighted by Crippen LogP contribution is -2.29. The first-order valence-corrected chi connectivity index (χ1v) is 9.65. The Bertz CT molecular complexity index is 1160. The van der Waals surface area contributed by atoms with Crippen molar-refractivity contribution < 1.29 is 9.47 Å². The van der Waals surface area contributed by atoms with Crippen molar-refractivity contribution >= 4 is 39.3 Å². The summed E-state index contributed by atoms with van der Waals surface area (Å²) in [5.74, 6) is 0.971. The summed E-state index contributed by atoms with van der Waals surface area (Å²) in [5, 5.41) is 4.23. The number of nitrogens with one attached hydrogen (secondary N) is 2. The predicted octanol–water partition coefficient (Wildman–Crippen LogP) is 1.68. The molecule has 3 rings (SSSR count). The molecule has 0 saturated heterocycles. The van der Waals surface area contributed by atoms with Gasteiger partial charge < -0.3 is 14.0 Å². The monoisotopic (exact) mass is 464 g/mol. The topological polar surface area (TPSA) is 116 Å². The molecule has 154 valence electrons. The van der Waals surface area contributed by atoms with Crippen LogP contribution in [-0.4, -0.2) is 45.6 Å². The van der Waals surface area contributed by atoms with E-state index in [4.69, 9.17) is 9.47 Å². The molecule has 2 N–H and O–H groups in total. The van der Waals surface area contributed by atoms with E-state index in [1.807, 2.05) is 25.1 Å². The Morgan fingerprint density at radius 2 is 2.17 bits per heavy atom. The normalized spacial score (nSPS) is 11.4. The van der Waals surface area contributed by atoms with E-state index in [1.165, 1.54) is 4.57 Å². The second kappa shape index (κ2) is 9.05. The minimum Gasteiger partial charge on any atom is -0.496 e. The van der Waals surface area contributed by atoms with Crippen LogP contribution in [0.5, 0.6) is 5.75 Å². The van der Waals surface area contributed by atoms with E-state index >= 15 is 0 Å². The van der Waals surface area contributed by atoms with Crippen LogP contribution in [-0.2, 0) is 18.3 Å². The summed E-state index contributed by atoms with van der Waals surface area (Å²) in [5.41, 5.74) is 3.07. The Kier molecular flexibility index (Phi) is 6.49. The number of anilines is 1. The summed E-state index contributed by atoms with van der Waals surface area (Å²) in [7, 11) is 3.12. The third kappa shape index (κ3) is 4.40. The summed E-state index contributed by atoms with van der Waals surface area (Å²) in [6, 6.07) is 5.54. The van der Waals surface area contributed by atoms with Gasteiger partial charge in [-0.1, -0.05) is 15.9 Å². The largest absolute Gasteiger partial charge is 0.496 e. The zero-order valence-electron chi connectivity index (χ0n) is 16.2. The highest BCUT2D eigenvalue weighted by Gasteiger charge is 2.17. The standard InChI is InChI=1S/C18H21BrN6O4/c1-4-29-8-7-25-14-15(24(2)18(27)22-16(14)26)21-17(25)23-20-10-11-9-12(19)5-6-13(11)28-3/h5-6,9-10H,4,7-8H2,1-3H3,(H,21,23)(H,22,26,27). The summed E-state index contributed by atoms with van der Waals surface area (Å²) >= 11 is 3.42. The van der Waals surface area contributed by atoms with Crippen molar-refractivity contribution in [3.8, 4) is 5.75 Å². The van der Waals surface area contributed by atoms with Gasteiger partial charge in [-0.2, -0.15) is 10.1 Å². The number of hydrogen-bond donors (Lipinski definition) is 2. The lowest BCUT2D eigenvalue weighted by molar-refractivity contribution is 0.140. The minimum atomic E-state index is -0.536. The first-order valence-electron chi connectivity index (χ1n) is 8.86. The van der Waals surface area contributed by atoms with Gasteiger partial charge in [0.05, 0.1) is 19.9 Å². The molecule has 0 unspecified atom stereocenters. The van der Waals surface area contributed by atoms with E-state index in [-0.39, 0.29) is 11.2 Å². The Hall–Kier alpha value is -2.92. The third-order valence-electron chi connectivity index (χ3n) is 4.23. The van der Waals surface area contributed by atoms with Crippen molar-refractivity contribution in [2.75, 3.05) is 25.7 Å². The van der Waals surface area contributed by atoms with Crippen LogP contribution in [0.15, 0.2) is 37.4 Å². The first kappa shape index (κ1) is 20.8. The Morgan fingerprint density at radius 3 is 2.90 bits per heavy atom. The predicted molar refractivity (Wildman–Crippen MR) is 114 cm³/mol. The van der Waals surface area contributed by atoms with Crippen molar-refractivity contribution in [1.82, 2.24) is 19.1 Å². The van der Waals surface area contributed by atoms with Gasteiger partial charge in [-0.3, -0.25) is 14.3 Å². The molecule has 2 aromatic heterocycles. The molecule has 0 bridgehead atoms. The van der Waals surface area contributed by atoms with Crippen LogP contribution in [0.2, 0.25) is 0 Å². The highest BCUT2D eigenvalue weighted by atomic mass is 79.9. The van der Waals surface area contributed by atoms with Gasteiger partial charge in [0, 0.05) is 30.2 Å². The summed E-state index contributed by atoms with van der Waals surface area (Å²) in [6.45, 7) is 3.17. The van der Waals surface area contributed by atoms with E-state index in [2.05, 4.69) is 36.4 Å². The van der Waals surface area contributed by atoms with Gasteiger partial charge in [-0.05, 0) is 25.1 Å². The number of aromatic nitrogens is 4. The van der Waals surface area contributed by atoms with Crippen LogP contribution < -0.4 is 21.4 Å². The van der Waals surface area contributed by atoms with Gasteiger partial charge >= 0.3 is 5.69 Å². The molecular weight excluding hydrogens is 444 g/mol. The van der Waals surface area contributed by atoms with Crippen molar-refractivity contribution in [3.05, 3.63) is 49.1 Å². The van der Waals surface area contributed by atoms with E-state index < -0.39 is 11.2 Å². The van der Waals surface area contributed by atoms with Gasteiger partial charge in [0.15, 0.2) is 11.2 Å². The Labute approximate surface area is 174 Å². The van der Waals surface area contributed by atoms with Crippen LogP contribution in [0.1, 0.15) is 12.5 Å². The number of methoxy groups -OCH3 is 1. The summed E-state index contributed by atoms with van der Waals surface area (Å²) in [4.78, 5) is 31.0. The number of ether oxygens (including phenoxy) is 2. The molecule has 0 amide bonds. The molecule has 11 heteroatoms. The molecule has 0 spiro atoms. The number of hydrogen-bond acceptors (Lipinski definition) is 7. The Balaban J connectivity index is 2.00. The van der Waals surface area contributed by atoms with Crippen LogP contribution >= 0.6 is 15.9 Å². The van der Waals surface area contributed by atoms with Crippen molar-refractivity contribution in [2.24, 2.45) is 12.1 Å². The second-order valence-electron chi connectivity index (χ2n) is 6.03. The number of H-pyrrole nitrogens is 1. The van der Waals surface area contributed by atoms with Crippen molar-refractivity contribution in [3.63, 3.8) is 0 Å². The van der Waals surface area contributed by atoms with E-state index in [1.54, 1.807) is 24.9 Å². The maximum atomic E-state index is 12.4. The fourth-order valence-electron chi connectivity index (χ4n) is 2.80. The molecule has 0 aliphatic carbocycles. The molecule has 0 aliphatic heterocycles. The molecule has 1 aromatic carbocycles. The number of hydrazone groups is 1. The fourth-order valence-corrected chi connectivity index (χ4v) is 3.18. The average Bonchev–Trinajstić information content (AvgIpc) is 3.06. The molecule has 0 aliphatic rings. The number of aromatic amines is 1. The minimum absolute atomic E-state index is 0.257. The van der Waals surface area contributed by atoms with Gasteiger partial charge in [0.25, 0.3) is 5.56 Å². The zero-order chi connectivity index (χ0) is 21.0. The van der Waals surface area contributed by atoms with E-state index in [9.17, 15) is 9.59 Å². The van der Waals surface area contributed by atoms with Gasteiger partial charge in [-0.15, -0.1) is 0 Å². The quantitative estimate of drug-likeness (QED) is 0.297. The van der Waals surface area contributed by atoms with Crippen LogP contribution in [0.25, 0.3) is 11.2 Å². The van der Waals surface area contributed by atoms with Gasteiger partial charge in [0.1, 0.15) is 5.75 Å². The molecule has 0 atom stereocenters. The van der Waals surface area contributed by atoms with E-state index in [0.29, 0.717) is 31.5 Å². The number of benzene rings is 1. The highest BCUT2D eigenvalue weighted by Crippen LogP contribution is 2.21. The zero-order valence-corrected chi connectivity index (χ0v) is 17.8. The number of imidazole rings is 1. The number of fused-ring (bicyclic) bond motifs is 1. The molecular formula is C18H21BrN6O4. The summed E-state index contributed by atoms with van der Waals surface area (Å²) < 4.78 is 14.5. The molecule has 0 fully saturated rings. The molecule has 0 saturated carbocycles. The van der Waals surface area contributed by atoms with Gasteiger partial charge in [-0.25, -0.2) is 10.2 Å². The van der Waals surface area contributed by atoms with Crippen molar-refractivity contribution in [1.29, 1.82) is 0 Å².